The fourth-order valence-electron chi connectivity index (χ4n) is 4.31. The number of aromatic nitrogens is 1. The summed E-state index contributed by atoms with van der Waals surface area (Å²) >= 11 is 0. The van der Waals surface area contributed by atoms with Crippen molar-refractivity contribution in [2.24, 2.45) is 7.05 Å². The van der Waals surface area contributed by atoms with Crippen LogP contribution in [0.4, 0.5) is 11.4 Å². The van der Waals surface area contributed by atoms with E-state index in [-0.39, 0.29) is 11.7 Å². The highest BCUT2D eigenvalue weighted by atomic mass is 16.6. The van der Waals surface area contributed by atoms with Crippen molar-refractivity contribution in [3.05, 3.63) is 58.4 Å². The molecule has 0 aliphatic carbocycles. The molecule has 0 saturated carbocycles. The second kappa shape index (κ2) is 8.15. The second-order valence-electron chi connectivity index (χ2n) is 8.21. The van der Waals surface area contributed by atoms with Crippen molar-refractivity contribution in [3.8, 4) is 11.5 Å². The molecule has 0 atom stereocenters. The van der Waals surface area contributed by atoms with Gasteiger partial charge in [-0.05, 0) is 49.2 Å². The summed E-state index contributed by atoms with van der Waals surface area (Å²) < 4.78 is 13.0. The maximum Gasteiger partial charge on any atom is 0.255 e. The molecule has 2 aromatic carbocycles. The van der Waals surface area contributed by atoms with Gasteiger partial charge in [0.2, 0.25) is 0 Å². The maximum atomic E-state index is 12.9. The summed E-state index contributed by atoms with van der Waals surface area (Å²) in [6.07, 6.45) is 1.45. The number of rotatable bonds is 4. The van der Waals surface area contributed by atoms with Crippen LogP contribution in [0.25, 0.3) is 10.9 Å². The number of hydrogen-bond acceptors (Lipinski definition) is 6. The number of nitrogens with zero attached hydrogens (tertiary/aromatic N) is 2. The number of ether oxygens (including phenoxy) is 2. The summed E-state index contributed by atoms with van der Waals surface area (Å²) in [7, 11) is 1.79. The summed E-state index contributed by atoms with van der Waals surface area (Å²) in [6, 6.07) is 14.0. The summed E-state index contributed by atoms with van der Waals surface area (Å²) in [6.45, 7) is 3.24. The Morgan fingerprint density at radius 2 is 1.71 bits per heavy atom. The topological polar surface area (TPSA) is 76.0 Å². The third kappa shape index (κ3) is 3.93. The maximum absolute atomic E-state index is 12.9. The molecule has 7 nitrogen and oxygen atoms in total. The number of aliphatic hydroxyl groups is 1. The molecule has 0 amide bonds. The molecule has 0 unspecified atom stereocenters. The number of aryl methyl sites for hydroxylation is 1. The number of anilines is 2. The summed E-state index contributed by atoms with van der Waals surface area (Å²) in [5.74, 6) is 1.40. The Morgan fingerprint density at radius 3 is 2.42 bits per heavy atom. The summed E-state index contributed by atoms with van der Waals surface area (Å²) in [4.78, 5) is 15.2. The minimum atomic E-state index is -0.175. The zero-order chi connectivity index (χ0) is 21.4. The molecule has 3 aromatic rings. The molecule has 0 radical (unpaired) electrons. The van der Waals surface area contributed by atoms with Crippen molar-refractivity contribution in [2.45, 2.75) is 25.5 Å². The van der Waals surface area contributed by atoms with Gasteiger partial charge in [-0.3, -0.25) is 4.79 Å². The number of nitrogens with one attached hydrogen (secondary N) is 1. The quantitative estimate of drug-likeness (QED) is 0.675. The van der Waals surface area contributed by atoms with E-state index in [4.69, 9.17) is 9.47 Å². The monoisotopic (exact) mass is 421 g/mol. The molecule has 7 heteroatoms. The molecule has 1 saturated heterocycles. The molecule has 2 aliphatic heterocycles. The molecule has 162 valence electrons. The molecule has 0 spiro atoms. The van der Waals surface area contributed by atoms with Gasteiger partial charge in [0.05, 0.1) is 11.6 Å². The van der Waals surface area contributed by atoms with Crippen molar-refractivity contribution in [1.29, 1.82) is 0 Å². The van der Waals surface area contributed by atoms with E-state index >= 15 is 0 Å². The zero-order valence-electron chi connectivity index (χ0n) is 17.6. The molecular formula is C24H27N3O4. The number of piperidine rings is 1. The normalized spacial score (nSPS) is 16.5. The number of pyridine rings is 1. The lowest BCUT2D eigenvalue weighted by atomic mass is 10.1. The van der Waals surface area contributed by atoms with Gasteiger partial charge in [0.25, 0.3) is 5.56 Å². The van der Waals surface area contributed by atoms with E-state index < -0.39 is 0 Å². The average Bonchev–Trinajstić information content (AvgIpc) is 2.80. The number of aliphatic hydroxyl groups excluding tert-OH is 1. The van der Waals surface area contributed by atoms with Gasteiger partial charge < -0.3 is 29.4 Å². The Labute approximate surface area is 180 Å². The van der Waals surface area contributed by atoms with E-state index in [0.717, 1.165) is 54.0 Å². The van der Waals surface area contributed by atoms with Gasteiger partial charge >= 0.3 is 0 Å². The highest BCUT2D eigenvalue weighted by molar-refractivity contribution is 5.84. The van der Waals surface area contributed by atoms with Crippen molar-refractivity contribution in [1.82, 2.24) is 4.57 Å². The van der Waals surface area contributed by atoms with Crippen LogP contribution in [-0.4, -0.2) is 42.1 Å². The minimum absolute atomic E-state index is 0.0276. The first-order chi connectivity index (χ1) is 15.1. The van der Waals surface area contributed by atoms with Crippen molar-refractivity contribution < 1.29 is 14.6 Å². The lowest BCUT2D eigenvalue weighted by Gasteiger charge is -2.31. The number of benzene rings is 2. The Bertz CT molecular complexity index is 1150. The van der Waals surface area contributed by atoms with Gasteiger partial charge in [-0.2, -0.15) is 0 Å². The van der Waals surface area contributed by atoms with Crippen molar-refractivity contribution in [2.75, 3.05) is 36.5 Å². The highest BCUT2D eigenvalue weighted by Crippen LogP contribution is 2.34. The van der Waals surface area contributed by atoms with Gasteiger partial charge in [-0.25, -0.2) is 0 Å². The Kier molecular flexibility index (Phi) is 5.19. The fraction of sp³-hybridized carbons (Fsp3) is 0.375. The minimum Gasteiger partial charge on any atom is -0.486 e. The SMILES string of the molecule is Cn1c(=O)c(CNc2ccc(N3CCC(O)CC3)cc2)cc2cc3c(cc21)OCCO3. The van der Waals surface area contributed by atoms with Gasteiger partial charge in [0.1, 0.15) is 13.2 Å². The van der Waals surface area contributed by atoms with E-state index in [1.54, 1.807) is 11.6 Å². The molecule has 1 fully saturated rings. The first-order valence-electron chi connectivity index (χ1n) is 10.8. The lowest BCUT2D eigenvalue weighted by molar-refractivity contribution is 0.145. The summed E-state index contributed by atoms with van der Waals surface area (Å²) in [5.41, 5.74) is 3.62. The van der Waals surface area contributed by atoms with Gasteiger partial charge in [-0.1, -0.05) is 0 Å². The van der Waals surface area contributed by atoms with Crippen LogP contribution >= 0.6 is 0 Å². The van der Waals surface area contributed by atoms with Gasteiger partial charge in [-0.15, -0.1) is 0 Å². The first kappa shape index (κ1) is 19.8. The fourth-order valence-corrected chi connectivity index (χ4v) is 4.31. The number of fused-ring (bicyclic) bond motifs is 2. The molecular weight excluding hydrogens is 394 g/mol. The van der Waals surface area contributed by atoms with Crippen LogP contribution in [0.1, 0.15) is 18.4 Å². The van der Waals surface area contributed by atoms with E-state index in [1.165, 1.54) is 0 Å². The largest absolute Gasteiger partial charge is 0.486 e. The second-order valence-corrected chi connectivity index (χ2v) is 8.21. The molecule has 1 aromatic heterocycles. The van der Waals surface area contributed by atoms with Crippen LogP contribution in [0.5, 0.6) is 11.5 Å². The predicted octanol–water partition coefficient (Wildman–Crippen LogP) is 2.88. The molecule has 5 rings (SSSR count). The average molecular weight is 421 g/mol. The van der Waals surface area contributed by atoms with E-state index in [0.29, 0.717) is 31.1 Å². The van der Waals surface area contributed by atoms with Crippen LogP contribution in [0.2, 0.25) is 0 Å². The van der Waals surface area contributed by atoms with Crippen molar-refractivity contribution in [3.63, 3.8) is 0 Å². The van der Waals surface area contributed by atoms with E-state index in [2.05, 4.69) is 22.3 Å². The third-order valence-electron chi connectivity index (χ3n) is 6.14. The Balaban J connectivity index is 1.33. The standard InChI is InChI=1S/C24H27N3O4/c1-26-21-14-23-22(30-10-11-31-23)13-16(21)12-17(24(26)29)15-25-18-2-4-19(5-3-18)27-8-6-20(28)7-9-27/h2-5,12-14,20,25,28H,6-11,15H2,1H3. The molecule has 0 bridgehead atoms. The predicted molar refractivity (Wildman–Crippen MR) is 121 cm³/mol. The molecule has 2 N–H and O–H groups in total. The van der Waals surface area contributed by atoms with Gasteiger partial charge in [0, 0.05) is 55.1 Å². The van der Waals surface area contributed by atoms with E-state index in [1.807, 2.05) is 30.3 Å². The zero-order valence-corrected chi connectivity index (χ0v) is 17.6. The first-order valence-corrected chi connectivity index (χ1v) is 10.8. The molecule has 3 heterocycles. The Morgan fingerprint density at radius 1 is 1.03 bits per heavy atom. The Hall–Kier alpha value is -3.19. The lowest BCUT2D eigenvalue weighted by Crippen LogP contribution is -2.35. The third-order valence-corrected chi connectivity index (χ3v) is 6.14. The van der Waals surface area contributed by atoms with Crippen molar-refractivity contribution >= 4 is 22.3 Å². The van der Waals surface area contributed by atoms with Crippen LogP contribution in [-0.2, 0) is 13.6 Å². The molecule has 2 aliphatic rings. The molecule has 31 heavy (non-hydrogen) atoms. The van der Waals surface area contributed by atoms with Crippen LogP contribution in [0.3, 0.4) is 0 Å². The highest BCUT2D eigenvalue weighted by Gasteiger charge is 2.18. The van der Waals surface area contributed by atoms with Crippen LogP contribution < -0.4 is 25.2 Å². The number of hydrogen-bond donors (Lipinski definition) is 2. The van der Waals surface area contributed by atoms with Crippen LogP contribution in [0, 0.1) is 0 Å². The smallest absolute Gasteiger partial charge is 0.255 e. The van der Waals surface area contributed by atoms with Gasteiger partial charge in [0.15, 0.2) is 11.5 Å². The van der Waals surface area contributed by atoms with Crippen LogP contribution in [0.15, 0.2) is 47.3 Å². The van der Waals surface area contributed by atoms with E-state index in [9.17, 15) is 9.90 Å². The summed E-state index contributed by atoms with van der Waals surface area (Å²) in [5, 5.41) is 14.0.